The van der Waals surface area contributed by atoms with Gasteiger partial charge in [0.1, 0.15) is 22.4 Å². The lowest BCUT2D eigenvalue weighted by Crippen LogP contribution is -2.26. The normalized spacial score (nSPS) is 13.7. The molecule has 2 aromatic heterocycles. The number of hydrogen-bond donors (Lipinski definition) is 0. The number of halogens is 4. The van der Waals surface area contributed by atoms with Crippen LogP contribution in [0.1, 0.15) is 40.6 Å². The van der Waals surface area contributed by atoms with E-state index >= 15 is 0 Å². The van der Waals surface area contributed by atoms with Crippen LogP contribution in [0.25, 0.3) is 0 Å². The van der Waals surface area contributed by atoms with Crippen molar-refractivity contribution in [3.05, 3.63) is 75.3 Å². The van der Waals surface area contributed by atoms with Crippen LogP contribution in [-0.2, 0) is 20.7 Å². The van der Waals surface area contributed by atoms with Gasteiger partial charge in [0.05, 0.1) is 6.61 Å². The van der Waals surface area contributed by atoms with Gasteiger partial charge >= 0.3 is 18.6 Å². The summed E-state index contributed by atoms with van der Waals surface area (Å²) in [6.07, 6.45) is 4.92. The molecule has 4 rings (SSSR count). The molecule has 0 N–H and O–H groups in total. The fourth-order valence-electron chi connectivity index (χ4n) is 3.37. The molecule has 1 aromatic carbocycles. The van der Waals surface area contributed by atoms with E-state index in [4.69, 9.17) is 41.8 Å². The largest absolute Gasteiger partial charge is 0.619 e. The van der Waals surface area contributed by atoms with Crippen molar-refractivity contribution in [3.63, 3.8) is 0 Å². The Hall–Kier alpha value is -3.64. The molecule has 0 spiro atoms. The maximum atomic E-state index is 12.9. The minimum absolute atomic E-state index is 0.00821. The van der Waals surface area contributed by atoms with E-state index in [0.717, 1.165) is 37.9 Å². The molecule has 1 saturated carbocycles. The number of pyridine rings is 1. The highest BCUT2D eigenvalue weighted by molar-refractivity contribution is 6.35. The van der Waals surface area contributed by atoms with E-state index in [1.807, 2.05) is 0 Å². The molecule has 1 atom stereocenters. The third-order valence-electron chi connectivity index (χ3n) is 5.41. The first-order valence-corrected chi connectivity index (χ1v) is 12.0. The number of carbonyl (C=O) groups excluding carboxylic acids is 2. The number of rotatable bonds is 12. The molecule has 3 aromatic rings. The van der Waals surface area contributed by atoms with Crippen LogP contribution in [0.5, 0.6) is 11.5 Å². The second kappa shape index (κ2) is 12.3. The summed E-state index contributed by atoms with van der Waals surface area (Å²) in [6.45, 7) is -3.56. The zero-order chi connectivity index (χ0) is 27.2. The molecule has 202 valence electrons. The van der Waals surface area contributed by atoms with E-state index in [2.05, 4.69) is 9.72 Å². The second-order valence-corrected chi connectivity index (χ2v) is 9.08. The minimum atomic E-state index is -3.09. The number of oxazole rings is 1. The van der Waals surface area contributed by atoms with E-state index < -0.39 is 31.3 Å². The van der Waals surface area contributed by atoms with Crippen molar-refractivity contribution in [3.8, 4) is 11.5 Å². The maximum absolute atomic E-state index is 12.9. The third-order valence-corrected chi connectivity index (χ3v) is 6.06. The SMILES string of the molecule is O=C(COC(=O)c1cocn1)O[C@@H](Cc1c(Cl)c[n+]([O-])cc1Cl)c1ccc(OC(F)F)c(OCC2CC2)c1. The fourth-order valence-corrected chi connectivity index (χ4v) is 3.96. The molecule has 0 amide bonds. The predicted molar refractivity (Wildman–Crippen MR) is 126 cm³/mol. The van der Waals surface area contributed by atoms with Gasteiger partial charge in [-0.05, 0) is 36.5 Å². The average Bonchev–Trinajstić information content (AvgIpc) is 3.52. The molecule has 0 unspecified atom stereocenters. The van der Waals surface area contributed by atoms with Gasteiger partial charge in [-0.3, -0.25) is 0 Å². The first-order valence-electron chi connectivity index (χ1n) is 11.2. The fraction of sp³-hybridized carbons (Fsp3) is 0.333. The highest BCUT2D eigenvalue weighted by atomic mass is 35.5. The van der Waals surface area contributed by atoms with Gasteiger partial charge in [-0.15, -0.1) is 0 Å². The topological polar surface area (TPSA) is 124 Å². The molecule has 0 aliphatic heterocycles. The Morgan fingerprint density at radius 2 is 1.92 bits per heavy atom. The maximum Gasteiger partial charge on any atom is 0.387 e. The van der Waals surface area contributed by atoms with E-state index in [-0.39, 0.29) is 39.2 Å². The molecule has 38 heavy (non-hydrogen) atoms. The van der Waals surface area contributed by atoms with Crippen LogP contribution in [0, 0.1) is 11.1 Å². The summed E-state index contributed by atoms with van der Waals surface area (Å²) >= 11 is 12.4. The van der Waals surface area contributed by atoms with Gasteiger partial charge in [-0.25, -0.2) is 14.6 Å². The molecule has 1 fully saturated rings. The number of esters is 2. The lowest BCUT2D eigenvalue weighted by molar-refractivity contribution is -0.605. The van der Waals surface area contributed by atoms with E-state index in [1.54, 1.807) is 0 Å². The Morgan fingerprint density at radius 3 is 2.55 bits per heavy atom. The van der Waals surface area contributed by atoms with E-state index in [0.29, 0.717) is 22.8 Å². The van der Waals surface area contributed by atoms with Crippen LogP contribution in [-0.4, -0.2) is 36.7 Å². The Balaban J connectivity index is 1.58. The highest BCUT2D eigenvalue weighted by Gasteiger charge is 2.27. The van der Waals surface area contributed by atoms with Crippen molar-refractivity contribution >= 4 is 35.1 Å². The van der Waals surface area contributed by atoms with Crippen molar-refractivity contribution in [2.45, 2.75) is 32.0 Å². The molecule has 14 heteroatoms. The van der Waals surface area contributed by atoms with Crippen LogP contribution in [0.2, 0.25) is 10.0 Å². The zero-order valence-corrected chi connectivity index (χ0v) is 21.0. The lowest BCUT2D eigenvalue weighted by Gasteiger charge is -2.21. The summed E-state index contributed by atoms with van der Waals surface area (Å²) in [5.74, 6) is -1.71. The Bertz CT molecular complexity index is 1270. The van der Waals surface area contributed by atoms with Gasteiger partial charge in [0.2, 0.25) is 0 Å². The van der Waals surface area contributed by atoms with Gasteiger partial charge in [0, 0.05) is 12.0 Å². The summed E-state index contributed by atoms with van der Waals surface area (Å²) in [5.41, 5.74) is 0.459. The molecule has 2 heterocycles. The lowest BCUT2D eigenvalue weighted by atomic mass is 10.0. The number of alkyl halides is 2. The summed E-state index contributed by atoms with van der Waals surface area (Å²) in [7, 11) is 0. The van der Waals surface area contributed by atoms with Gasteiger partial charge in [-0.2, -0.15) is 13.5 Å². The van der Waals surface area contributed by atoms with Crippen molar-refractivity contribution in [2.75, 3.05) is 13.2 Å². The van der Waals surface area contributed by atoms with Crippen molar-refractivity contribution in [2.24, 2.45) is 5.92 Å². The third kappa shape index (κ3) is 7.45. The molecule has 0 bridgehead atoms. The number of benzene rings is 1. The molecule has 0 radical (unpaired) electrons. The predicted octanol–water partition coefficient (Wildman–Crippen LogP) is 4.69. The monoisotopic (exact) mass is 572 g/mol. The summed E-state index contributed by atoms with van der Waals surface area (Å²) in [6, 6.07) is 4.06. The van der Waals surface area contributed by atoms with Gasteiger partial charge in [0.25, 0.3) is 0 Å². The average molecular weight is 573 g/mol. The minimum Gasteiger partial charge on any atom is -0.619 e. The molecule has 1 aliphatic rings. The van der Waals surface area contributed by atoms with Gasteiger partial charge in [0.15, 0.2) is 42.6 Å². The summed E-state index contributed by atoms with van der Waals surface area (Å²) in [5, 5.41) is 11.7. The highest BCUT2D eigenvalue weighted by Crippen LogP contribution is 2.37. The zero-order valence-electron chi connectivity index (χ0n) is 19.5. The van der Waals surface area contributed by atoms with Crippen LogP contribution in [0.4, 0.5) is 8.78 Å². The van der Waals surface area contributed by atoms with Gasteiger partial charge in [-0.1, -0.05) is 29.3 Å². The Kier molecular flexibility index (Phi) is 8.85. The second-order valence-electron chi connectivity index (χ2n) is 8.26. The molecular weight excluding hydrogens is 553 g/mol. The van der Waals surface area contributed by atoms with Crippen LogP contribution >= 0.6 is 23.2 Å². The Labute approximate surface area is 224 Å². The first kappa shape index (κ1) is 27.4. The van der Waals surface area contributed by atoms with Gasteiger partial charge < -0.3 is 28.6 Å². The molecule has 0 saturated heterocycles. The summed E-state index contributed by atoms with van der Waals surface area (Å²) < 4.78 is 51.7. The number of carbonyl (C=O) groups is 2. The number of nitrogens with zero attached hydrogens (tertiary/aromatic N) is 2. The van der Waals surface area contributed by atoms with E-state index in [9.17, 15) is 23.6 Å². The first-order chi connectivity index (χ1) is 18.2. The molecule has 10 nitrogen and oxygen atoms in total. The molecular formula is C24H20Cl2F2N2O8. The van der Waals surface area contributed by atoms with E-state index in [1.165, 1.54) is 18.2 Å². The van der Waals surface area contributed by atoms with Crippen LogP contribution < -0.4 is 14.2 Å². The Morgan fingerprint density at radius 1 is 1.18 bits per heavy atom. The van der Waals surface area contributed by atoms with Crippen molar-refractivity contribution in [1.82, 2.24) is 4.98 Å². The van der Waals surface area contributed by atoms with Crippen LogP contribution in [0.15, 0.2) is 47.7 Å². The summed E-state index contributed by atoms with van der Waals surface area (Å²) in [4.78, 5) is 28.2. The number of aromatic nitrogens is 2. The van der Waals surface area contributed by atoms with Crippen LogP contribution in [0.3, 0.4) is 0 Å². The van der Waals surface area contributed by atoms with Crippen molar-refractivity contribution < 1.29 is 46.5 Å². The quantitative estimate of drug-likeness (QED) is 0.172. The van der Waals surface area contributed by atoms with Crippen molar-refractivity contribution in [1.29, 1.82) is 0 Å². The molecule has 1 aliphatic carbocycles. The standard InChI is InChI=1S/C24H20Cl2F2N2O8/c25-16-7-30(33)8-17(26)15(16)6-20(37-22(31)11-36-23(32)18-10-34-12-29-18)14-3-4-19(38-24(27)28)21(5-14)35-9-13-1-2-13/h3-5,7-8,10,12-13,20,24H,1-2,6,9,11H2/t20-/m0/s1. The number of hydrogen-bond acceptors (Lipinski definition) is 9. The number of ether oxygens (including phenoxy) is 4. The smallest absolute Gasteiger partial charge is 0.387 e.